The average Bonchev–Trinajstić information content (AvgIpc) is 0.698. The van der Waals surface area contributed by atoms with Gasteiger partial charge < -0.3 is 34.3 Å². The third-order valence-electron chi connectivity index (χ3n) is 20.8. The van der Waals surface area contributed by atoms with Crippen LogP contribution in [0.5, 0.6) is 0 Å². The number of nitrogens with zero attached hydrogens (tertiary/aromatic N) is 7. The Labute approximate surface area is 589 Å². The molecule has 0 aliphatic carbocycles. The van der Waals surface area contributed by atoms with Gasteiger partial charge in [-0.3, -0.25) is 0 Å². The monoisotopic (exact) mass is 1290 g/mol. The van der Waals surface area contributed by atoms with Crippen molar-refractivity contribution < 1.29 is 0 Å². The minimum absolute atomic E-state index is 0.206. The van der Waals surface area contributed by atoms with Crippen LogP contribution >= 0.6 is 0 Å². The van der Waals surface area contributed by atoms with Gasteiger partial charge >= 0.3 is 0 Å². The van der Waals surface area contributed by atoms with Crippen LogP contribution in [0.3, 0.4) is 0 Å². The van der Waals surface area contributed by atoms with Crippen LogP contribution in [0.4, 0.5) is 119 Å². The van der Waals surface area contributed by atoms with Gasteiger partial charge in [-0.2, -0.15) is 0 Å². The lowest BCUT2D eigenvalue weighted by Gasteiger charge is -2.48. The molecule has 0 N–H and O–H groups in total. The molecule has 7 nitrogen and oxygen atoms in total. The number of fused-ring (bicyclic) bond motifs is 10. The van der Waals surface area contributed by atoms with Gasteiger partial charge in [0.25, 0.3) is 13.4 Å². The lowest BCUT2D eigenvalue weighted by molar-refractivity contribution is 1.21. The largest absolute Gasteiger partial charge is 0.311 e. The van der Waals surface area contributed by atoms with Gasteiger partial charge in [0.2, 0.25) is 0 Å². The SMILES string of the molecule is C1=Cc2cc3c(cc2N(c2ccccc2)c2ccccc21)N(c1ccccc1)c1cc(N(c2ccccc2)c2ccccc2)cc2c1B3c1cc3c(cc1N2c1ccccc1)N(c1ccccc1)c1cc(N(c2ccccc2)c2ccccc2)cc2c1B3c1ccccc1N2c1ccccc1. The smallest absolute Gasteiger partial charge is 0.252 e. The van der Waals surface area contributed by atoms with Crippen molar-refractivity contribution in [1.29, 1.82) is 0 Å². The number of benzene rings is 15. The van der Waals surface area contributed by atoms with Crippen molar-refractivity contribution in [1.82, 2.24) is 0 Å². The molecule has 20 rings (SSSR count). The van der Waals surface area contributed by atoms with Gasteiger partial charge in [-0.1, -0.05) is 224 Å². The highest BCUT2D eigenvalue weighted by Gasteiger charge is 2.49. The van der Waals surface area contributed by atoms with Crippen molar-refractivity contribution in [2.45, 2.75) is 0 Å². The molecule has 0 amide bonds. The maximum atomic E-state index is 2.65. The zero-order valence-electron chi connectivity index (χ0n) is 55.2. The summed E-state index contributed by atoms with van der Waals surface area (Å²) in [5, 5.41) is 0. The summed E-state index contributed by atoms with van der Waals surface area (Å²) in [7, 11) is 0. The third kappa shape index (κ3) is 9.38. The molecule has 9 heteroatoms. The summed E-state index contributed by atoms with van der Waals surface area (Å²) in [6, 6.07) is 137. The minimum Gasteiger partial charge on any atom is -0.311 e. The van der Waals surface area contributed by atoms with Gasteiger partial charge in [0.1, 0.15) is 0 Å². The van der Waals surface area contributed by atoms with E-state index in [0.29, 0.717) is 0 Å². The molecule has 0 atom stereocenters. The summed E-state index contributed by atoms with van der Waals surface area (Å²) in [5.41, 5.74) is 32.5. The first-order chi connectivity index (χ1) is 50.2. The zero-order chi connectivity index (χ0) is 66.5. The maximum Gasteiger partial charge on any atom is 0.252 e. The maximum absolute atomic E-state index is 2.65. The molecule has 0 aromatic heterocycles. The second-order valence-electron chi connectivity index (χ2n) is 26.4. The van der Waals surface area contributed by atoms with Crippen LogP contribution < -0.4 is 67.1 Å². The summed E-state index contributed by atoms with van der Waals surface area (Å²) in [6.45, 7) is -0.484. The first-order valence-electron chi connectivity index (χ1n) is 34.8. The average molecular weight is 1290 g/mol. The third-order valence-corrected chi connectivity index (χ3v) is 20.8. The molecule has 5 aliphatic heterocycles. The van der Waals surface area contributed by atoms with E-state index in [2.05, 4.69) is 416 Å². The van der Waals surface area contributed by atoms with E-state index in [1.165, 1.54) is 32.8 Å². The highest BCUT2D eigenvalue weighted by molar-refractivity contribution is 7.03. The van der Waals surface area contributed by atoms with Crippen molar-refractivity contribution in [3.63, 3.8) is 0 Å². The van der Waals surface area contributed by atoms with Gasteiger partial charge in [-0.05, 0) is 202 Å². The standard InChI is InChI=1S/C92H63B2N7/c1-10-33-66(34-11-1)95(67-35-12-2-13-36-67)75-57-87-91-88(58-75)100(73-47-24-8-25-48-73)85-63-86-80(61-79(85)93(91)77-51-29-31-53-82(77)98(87)71-43-20-6-21-44-71)94-78-56-65-55-54-64-32-28-30-52-81(64)97(70-41-18-5-19-42-70)83(65)62-84(78)99(72-45-22-7-23-46-72)89-59-76(60-90(92(89)94)101(86)74-49-26-9-27-50-74)96(68-37-14-3-15-38-68)69-39-16-4-17-40-69/h1-63H. The second kappa shape index (κ2) is 23.8. The second-order valence-corrected chi connectivity index (χ2v) is 26.4. The Balaban J connectivity index is 0.926. The Morgan fingerprint density at radius 3 is 0.842 bits per heavy atom. The van der Waals surface area contributed by atoms with Gasteiger partial charge in [-0.25, -0.2) is 0 Å². The number of anilines is 21. The molecular formula is C92H63B2N7. The highest BCUT2D eigenvalue weighted by atomic mass is 15.2. The molecular weight excluding hydrogens is 1220 g/mol. The van der Waals surface area contributed by atoms with Crippen LogP contribution in [0.1, 0.15) is 11.1 Å². The van der Waals surface area contributed by atoms with Gasteiger partial charge in [0, 0.05) is 96.7 Å². The predicted molar refractivity (Wildman–Crippen MR) is 427 cm³/mol. The molecule has 0 fully saturated rings. The number of hydrogen-bond donors (Lipinski definition) is 0. The molecule has 0 unspecified atom stereocenters. The Morgan fingerprint density at radius 2 is 0.455 bits per heavy atom. The predicted octanol–water partition coefficient (Wildman–Crippen LogP) is 20.7. The van der Waals surface area contributed by atoms with Gasteiger partial charge in [0.15, 0.2) is 0 Å². The fourth-order valence-corrected chi connectivity index (χ4v) is 16.7. The van der Waals surface area contributed by atoms with E-state index in [1.54, 1.807) is 0 Å². The fraction of sp³-hybridized carbons (Fsp3) is 0. The zero-order valence-corrected chi connectivity index (χ0v) is 55.2. The molecule has 472 valence electrons. The molecule has 0 spiro atoms. The topological polar surface area (TPSA) is 22.7 Å². The Morgan fingerprint density at radius 1 is 0.178 bits per heavy atom. The lowest BCUT2D eigenvalue weighted by Crippen LogP contribution is -2.65. The fourth-order valence-electron chi connectivity index (χ4n) is 16.7. The van der Waals surface area contributed by atoms with E-state index in [1.807, 2.05) is 0 Å². The Hall–Kier alpha value is -13.2. The summed E-state index contributed by atoms with van der Waals surface area (Å²) < 4.78 is 0. The van der Waals surface area contributed by atoms with E-state index in [9.17, 15) is 0 Å². The van der Waals surface area contributed by atoms with Crippen LogP contribution in [0.2, 0.25) is 0 Å². The summed E-state index contributed by atoms with van der Waals surface area (Å²) in [4.78, 5) is 17.6. The van der Waals surface area contributed by atoms with Crippen LogP contribution in [0.15, 0.2) is 370 Å². The van der Waals surface area contributed by atoms with Crippen LogP contribution in [-0.4, -0.2) is 13.4 Å². The van der Waals surface area contributed by atoms with Crippen LogP contribution in [-0.2, 0) is 0 Å². The molecule has 101 heavy (non-hydrogen) atoms. The number of para-hydroxylation sites is 11. The molecule has 15 aromatic carbocycles. The van der Waals surface area contributed by atoms with Crippen molar-refractivity contribution in [2.75, 3.05) is 34.3 Å². The number of hydrogen-bond acceptors (Lipinski definition) is 7. The van der Waals surface area contributed by atoms with Crippen molar-refractivity contribution in [3.05, 3.63) is 381 Å². The van der Waals surface area contributed by atoms with Crippen molar-refractivity contribution >= 4 is 178 Å². The molecule has 0 bridgehead atoms. The van der Waals surface area contributed by atoms with Crippen molar-refractivity contribution in [3.8, 4) is 0 Å². The number of rotatable bonds is 11. The van der Waals surface area contributed by atoms with E-state index in [-0.39, 0.29) is 13.4 Å². The Kier molecular flexibility index (Phi) is 13.7. The minimum atomic E-state index is -0.279. The summed E-state index contributed by atoms with van der Waals surface area (Å²) in [6.07, 6.45) is 4.67. The molecule has 0 saturated heterocycles. The highest BCUT2D eigenvalue weighted by Crippen LogP contribution is 2.54. The Bertz CT molecular complexity index is 5620. The molecule has 5 heterocycles. The molecule has 15 aromatic rings. The van der Waals surface area contributed by atoms with E-state index >= 15 is 0 Å². The molecule has 5 aliphatic rings. The molecule has 0 radical (unpaired) electrons. The first kappa shape index (κ1) is 58.0. The van der Waals surface area contributed by atoms with E-state index in [4.69, 9.17) is 0 Å². The van der Waals surface area contributed by atoms with Crippen LogP contribution in [0, 0.1) is 0 Å². The van der Waals surface area contributed by atoms with Crippen molar-refractivity contribution in [2.24, 2.45) is 0 Å². The normalized spacial score (nSPS) is 13.2. The molecule has 0 saturated carbocycles. The quantitative estimate of drug-likeness (QED) is 0.119. The van der Waals surface area contributed by atoms with E-state index in [0.717, 1.165) is 131 Å². The van der Waals surface area contributed by atoms with Gasteiger partial charge in [0.05, 0.1) is 22.7 Å². The van der Waals surface area contributed by atoms with E-state index < -0.39 is 0 Å². The lowest BCUT2D eigenvalue weighted by atomic mass is 9.30. The van der Waals surface area contributed by atoms with Gasteiger partial charge in [-0.15, -0.1) is 0 Å². The first-order valence-corrected chi connectivity index (χ1v) is 34.8. The van der Waals surface area contributed by atoms with Crippen LogP contribution in [0.25, 0.3) is 12.2 Å². The summed E-state index contributed by atoms with van der Waals surface area (Å²) >= 11 is 0. The summed E-state index contributed by atoms with van der Waals surface area (Å²) in [5.74, 6) is 0.